The molecule has 1 fully saturated rings. The molecule has 2 amide bonds. The maximum absolute atomic E-state index is 13.0. The van der Waals surface area contributed by atoms with Gasteiger partial charge in [-0.2, -0.15) is 5.10 Å². The zero-order valence-corrected chi connectivity index (χ0v) is 17.6. The van der Waals surface area contributed by atoms with Crippen LogP contribution in [0.2, 0.25) is 0 Å². The lowest BCUT2D eigenvalue weighted by Gasteiger charge is -2.26. The highest BCUT2D eigenvalue weighted by Crippen LogP contribution is 2.24. The molecule has 3 aromatic heterocycles. The first kappa shape index (κ1) is 19.9. The van der Waals surface area contributed by atoms with Gasteiger partial charge in [0.2, 0.25) is 0 Å². The Morgan fingerprint density at radius 3 is 2.44 bits per heavy atom. The van der Waals surface area contributed by atoms with Gasteiger partial charge in [-0.05, 0) is 55.7 Å². The van der Waals surface area contributed by atoms with Gasteiger partial charge < -0.3 is 10.2 Å². The number of anilines is 1. The summed E-state index contributed by atoms with van der Waals surface area (Å²) < 4.78 is 1.79. The molecule has 1 N–H and O–H groups in total. The first-order valence-electron chi connectivity index (χ1n) is 10.8. The molecule has 0 radical (unpaired) electrons. The summed E-state index contributed by atoms with van der Waals surface area (Å²) in [5, 5.41) is 7.34. The Morgan fingerprint density at radius 1 is 0.875 bits per heavy atom. The fourth-order valence-electron chi connectivity index (χ4n) is 4.09. The topological polar surface area (TPSA) is 79.6 Å². The second-order valence-corrected chi connectivity index (χ2v) is 7.89. The predicted octanol–water partition coefficient (Wildman–Crippen LogP) is 4.27. The average Bonchev–Trinajstić information content (AvgIpc) is 3.29. The number of nitrogens with zero attached hydrogens (tertiary/aromatic N) is 4. The van der Waals surface area contributed by atoms with Crippen LogP contribution in [0, 0.1) is 0 Å². The second kappa shape index (κ2) is 8.63. The Kier molecular flexibility index (Phi) is 5.37. The number of rotatable bonds is 4. The number of benzene rings is 1. The van der Waals surface area contributed by atoms with E-state index in [9.17, 15) is 9.59 Å². The number of pyridine rings is 2. The highest BCUT2D eigenvalue weighted by molar-refractivity contribution is 6.04. The SMILES string of the molecule is O=C(Nc1cccnc1)c1ccc(-c2cccc3c(C(=O)N4CCCCC4)cnn23)cc1. The number of hydrogen-bond acceptors (Lipinski definition) is 4. The molecule has 1 aliphatic rings. The maximum Gasteiger partial charge on any atom is 0.257 e. The summed E-state index contributed by atoms with van der Waals surface area (Å²) in [6.45, 7) is 1.61. The minimum atomic E-state index is -0.198. The number of carbonyl (C=O) groups is 2. The second-order valence-electron chi connectivity index (χ2n) is 7.89. The Labute approximate surface area is 185 Å². The van der Waals surface area contributed by atoms with E-state index in [1.165, 1.54) is 6.42 Å². The van der Waals surface area contributed by atoms with E-state index in [0.717, 1.165) is 42.7 Å². The molecule has 0 aliphatic carbocycles. The lowest BCUT2D eigenvalue weighted by atomic mass is 10.1. The highest BCUT2D eigenvalue weighted by Gasteiger charge is 2.22. The van der Waals surface area contributed by atoms with Gasteiger partial charge in [0.15, 0.2) is 0 Å². The van der Waals surface area contributed by atoms with Gasteiger partial charge in [-0.3, -0.25) is 14.6 Å². The van der Waals surface area contributed by atoms with Crippen molar-refractivity contribution in [2.45, 2.75) is 19.3 Å². The Morgan fingerprint density at radius 2 is 1.69 bits per heavy atom. The monoisotopic (exact) mass is 425 g/mol. The zero-order valence-electron chi connectivity index (χ0n) is 17.6. The summed E-state index contributed by atoms with van der Waals surface area (Å²) in [4.78, 5) is 31.4. The Hall–Kier alpha value is -4.00. The number of amides is 2. The predicted molar refractivity (Wildman–Crippen MR) is 123 cm³/mol. The fourth-order valence-corrected chi connectivity index (χ4v) is 4.09. The van der Waals surface area contributed by atoms with Crippen LogP contribution < -0.4 is 5.32 Å². The number of piperidine rings is 1. The van der Waals surface area contributed by atoms with Crippen LogP contribution >= 0.6 is 0 Å². The van der Waals surface area contributed by atoms with Crippen molar-refractivity contribution < 1.29 is 9.59 Å². The largest absolute Gasteiger partial charge is 0.339 e. The molecule has 5 rings (SSSR count). The van der Waals surface area contributed by atoms with Crippen LogP contribution in [0.15, 0.2) is 73.2 Å². The van der Waals surface area contributed by atoms with Crippen molar-refractivity contribution >= 4 is 23.0 Å². The van der Waals surface area contributed by atoms with Crippen molar-refractivity contribution in [1.29, 1.82) is 0 Å². The number of hydrogen-bond donors (Lipinski definition) is 1. The van der Waals surface area contributed by atoms with E-state index in [4.69, 9.17) is 0 Å². The molecule has 0 spiro atoms. The van der Waals surface area contributed by atoms with E-state index in [1.807, 2.05) is 35.2 Å². The van der Waals surface area contributed by atoms with Crippen molar-refractivity contribution in [1.82, 2.24) is 19.5 Å². The van der Waals surface area contributed by atoms with E-state index in [1.54, 1.807) is 47.4 Å². The van der Waals surface area contributed by atoms with Crippen molar-refractivity contribution in [3.63, 3.8) is 0 Å². The lowest BCUT2D eigenvalue weighted by Crippen LogP contribution is -2.35. The minimum Gasteiger partial charge on any atom is -0.339 e. The standard InChI is InChI=1S/C25H23N5O2/c31-24(28-20-6-5-13-26-16-20)19-11-9-18(10-12-19)22-7-4-8-23-21(17-27-30(22)23)25(32)29-14-2-1-3-15-29/h4-13,16-17H,1-3,14-15H2,(H,28,31). The average molecular weight is 425 g/mol. The number of likely N-dealkylation sites (tertiary alicyclic amines) is 1. The number of aromatic nitrogens is 3. The van der Waals surface area contributed by atoms with Crippen LogP contribution in [0.3, 0.4) is 0 Å². The van der Waals surface area contributed by atoms with Crippen LogP contribution in [0.5, 0.6) is 0 Å². The molecule has 7 heteroatoms. The molecule has 0 bridgehead atoms. The summed E-state index contributed by atoms with van der Waals surface area (Å²) >= 11 is 0. The number of nitrogens with one attached hydrogen (secondary N) is 1. The zero-order chi connectivity index (χ0) is 21.9. The fraction of sp³-hybridized carbons (Fsp3) is 0.200. The maximum atomic E-state index is 13.0. The molecule has 160 valence electrons. The van der Waals surface area contributed by atoms with Gasteiger partial charge in [-0.15, -0.1) is 0 Å². The third-order valence-electron chi connectivity index (χ3n) is 5.78. The van der Waals surface area contributed by atoms with Crippen LogP contribution in [0.25, 0.3) is 16.8 Å². The van der Waals surface area contributed by atoms with Gasteiger partial charge in [-0.25, -0.2) is 4.52 Å². The van der Waals surface area contributed by atoms with Crippen molar-refractivity contribution in [2.75, 3.05) is 18.4 Å². The summed E-state index contributed by atoms with van der Waals surface area (Å²) in [7, 11) is 0. The van der Waals surface area contributed by atoms with Crippen LogP contribution in [0.1, 0.15) is 40.0 Å². The van der Waals surface area contributed by atoms with E-state index >= 15 is 0 Å². The van der Waals surface area contributed by atoms with E-state index in [0.29, 0.717) is 16.8 Å². The molecular formula is C25H23N5O2. The normalized spacial score (nSPS) is 13.8. The third kappa shape index (κ3) is 3.85. The van der Waals surface area contributed by atoms with Crippen molar-refractivity contribution in [2.24, 2.45) is 0 Å². The Balaban J connectivity index is 1.40. The van der Waals surface area contributed by atoms with E-state index < -0.39 is 0 Å². The minimum absolute atomic E-state index is 0.0410. The van der Waals surface area contributed by atoms with Crippen LogP contribution in [0.4, 0.5) is 5.69 Å². The van der Waals surface area contributed by atoms with Crippen LogP contribution in [-0.2, 0) is 0 Å². The lowest BCUT2D eigenvalue weighted by molar-refractivity contribution is 0.0726. The number of fused-ring (bicyclic) bond motifs is 1. The Bertz CT molecular complexity index is 1260. The van der Waals surface area contributed by atoms with Crippen molar-refractivity contribution in [3.05, 3.63) is 84.3 Å². The van der Waals surface area contributed by atoms with Gasteiger partial charge in [0.25, 0.3) is 11.8 Å². The molecule has 7 nitrogen and oxygen atoms in total. The van der Waals surface area contributed by atoms with Crippen LogP contribution in [-0.4, -0.2) is 44.4 Å². The summed E-state index contributed by atoms with van der Waals surface area (Å²) in [5.41, 5.74) is 4.38. The van der Waals surface area contributed by atoms with Gasteiger partial charge in [0.1, 0.15) is 0 Å². The molecule has 4 heterocycles. The molecule has 0 atom stereocenters. The van der Waals surface area contributed by atoms with E-state index in [-0.39, 0.29) is 11.8 Å². The van der Waals surface area contributed by atoms with Crippen molar-refractivity contribution in [3.8, 4) is 11.3 Å². The first-order valence-corrected chi connectivity index (χ1v) is 10.8. The third-order valence-corrected chi connectivity index (χ3v) is 5.78. The molecule has 1 saturated heterocycles. The highest BCUT2D eigenvalue weighted by atomic mass is 16.2. The number of carbonyl (C=O) groups excluding carboxylic acids is 2. The van der Waals surface area contributed by atoms with E-state index in [2.05, 4.69) is 15.4 Å². The summed E-state index contributed by atoms with van der Waals surface area (Å²) in [6, 6.07) is 16.7. The quantitative estimate of drug-likeness (QED) is 0.529. The molecule has 1 aliphatic heterocycles. The summed E-state index contributed by atoms with van der Waals surface area (Å²) in [6.07, 6.45) is 8.21. The molecule has 0 saturated carbocycles. The molecule has 1 aromatic carbocycles. The summed E-state index contributed by atoms with van der Waals surface area (Å²) in [5.74, 6) is -0.157. The van der Waals surface area contributed by atoms with Gasteiger partial charge in [0, 0.05) is 30.4 Å². The molecule has 32 heavy (non-hydrogen) atoms. The molecule has 0 unspecified atom stereocenters. The van der Waals surface area contributed by atoms with Gasteiger partial charge in [-0.1, -0.05) is 18.2 Å². The molecular weight excluding hydrogens is 402 g/mol. The van der Waals surface area contributed by atoms with Gasteiger partial charge in [0.05, 0.1) is 34.9 Å². The van der Waals surface area contributed by atoms with Gasteiger partial charge >= 0.3 is 0 Å². The molecule has 4 aromatic rings. The smallest absolute Gasteiger partial charge is 0.257 e. The first-order chi connectivity index (χ1) is 15.7.